The first-order valence-electron chi connectivity index (χ1n) is 5.56. The van der Waals surface area contributed by atoms with E-state index >= 15 is 0 Å². The van der Waals surface area contributed by atoms with Crippen LogP contribution in [0.1, 0.15) is 12.8 Å². The number of aliphatic hydroxyl groups is 1. The SMILES string of the molecule is O=S(CC1(O)CCNCC1)c1ccccc1. The van der Waals surface area contributed by atoms with Crippen LogP contribution in [-0.2, 0) is 10.8 Å². The number of hydrogen-bond donors (Lipinski definition) is 2. The van der Waals surface area contributed by atoms with E-state index in [4.69, 9.17) is 0 Å². The molecule has 3 nitrogen and oxygen atoms in total. The van der Waals surface area contributed by atoms with E-state index < -0.39 is 16.4 Å². The largest absolute Gasteiger partial charge is 0.389 e. The van der Waals surface area contributed by atoms with Crippen LogP contribution in [0.25, 0.3) is 0 Å². The van der Waals surface area contributed by atoms with Gasteiger partial charge >= 0.3 is 0 Å². The first-order valence-corrected chi connectivity index (χ1v) is 6.88. The lowest BCUT2D eigenvalue weighted by Crippen LogP contribution is -2.45. The molecule has 4 heteroatoms. The van der Waals surface area contributed by atoms with E-state index in [1.165, 1.54) is 0 Å². The highest BCUT2D eigenvalue weighted by atomic mass is 32.2. The van der Waals surface area contributed by atoms with E-state index in [1.54, 1.807) is 0 Å². The molecule has 1 heterocycles. The predicted octanol–water partition coefficient (Wildman–Crippen LogP) is 0.909. The van der Waals surface area contributed by atoms with Crippen molar-refractivity contribution in [3.63, 3.8) is 0 Å². The average Bonchev–Trinajstić information content (AvgIpc) is 2.30. The molecular weight excluding hydrogens is 222 g/mol. The van der Waals surface area contributed by atoms with Gasteiger partial charge in [-0.15, -0.1) is 0 Å². The van der Waals surface area contributed by atoms with E-state index in [0.29, 0.717) is 18.6 Å². The van der Waals surface area contributed by atoms with Crippen LogP contribution in [0.5, 0.6) is 0 Å². The lowest BCUT2D eigenvalue weighted by Gasteiger charge is -2.32. The normalized spacial score (nSPS) is 21.6. The lowest BCUT2D eigenvalue weighted by atomic mass is 9.95. The highest BCUT2D eigenvalue weighted by Crippen LogP contribution is 2.21. The fourth-order valence-corrected chi connectivity index (χ4v) is 3.34. The molecule has 2 N–H and O–H groups in total. The van der Waals surface area contributed by atoms with E-state index in [2.05, 4.69) is 5.32 Å². The third-order valence-corrected chi connectivity index (χ3v) is 4.54. The lowest BCUT2D eigenvalue weighted by molar-refractivity contribution is 0.0331. The van der Waals surface area contributed by atoms with E-state index in [9.17, 15) is 9.32 Å². The summed E-state index contributed by atoms with van der Waals surface area (Å²) in [6.07, 6.45) is 1.37. The number of rotatable bonds is 3. The molecule has 1 aromatic rings. The molecule has 0 spiro atoms. The molecule has 0 amide bonds. The van der Waals surface area contributed by atoms with Crippen LogP contribution in [0, 0.1) is 0 Å². The summed E-state index contributed by atoms with van der Waals surface area (Å²) in [6, 6.07) is 9.35. The molecule has 1 aliphatic heterocycles. The number of hydrogen-bond acceptors (Lipinski definition) is 3. The smallest absolute Gasteiger partial charge is 0.0790 e. The van der Waals surface area contributed by atoms with Gasteiger partial charge in [0, 0.05) is 4.90 Å². The molecule has 0 aromatic heterocycles. The van der Waals surface area contributed by atoms with E-state index in [1.807, 2.05) is 30.3 Å². The van der Waals surface area contributed by atoms with Crippen LogP contribution >= 0.6 is 0 Å². The Hall–Kier alpha value is -0.710. The Morgan fingerprint density at radius 1 is 1.25 bits per heavy atom. The van der Waals surface area contributed by atoms with Crippen molar-refractivity contribution in [3.8, 4) is 0 Å². The molecule has 1 saturated heterocycles. The molecule has 1 unspecified atom stereocenters. The standard InChI is InChI=1S/C12H17NO2S/c14-12(6-8-13-9-7-12)10-16(15)11-4-2-1-3-5-11/h1-5,13-14H,6-10H2. The number of benzene rings is 1. The molecule has 1 aliphatic rings. The molecule has 0 saturated carbocycles. The Morgan fingerprint density at radius 3 is 2.50 bits per heavy atom. The van der Waals surface area contributed by atoms with Crippen molar-refractivity contribution in [3.05, 3.63) is 30.3 Å². The minimum absolute atomic E-state index is 0.346. The van der Waals surface area contributed by atoms with E-state index in [-0.39, 0.29) is 0 Å². The summed E-state index contributed by atoms with van der Waals surface area (Å²) >= 11 is 0. The Morgan fingerprint density at radius 2 is 1.88 bits per heavy atom. The zero-order chi connectivity index (χ0) is 11.4. The Bertz CT molecular complexity index is 361. The molecule has 88 valence electrons. The minimum atomic E-state index is -1.10. The summed E-state index contributed by atoms with van der Waals surface area (Å²) in [5.41, 5.74) is -0.758. The monoisotopic (exact) mass is 239 g/mol. The van der Waals surface area contributed by atoms with Crippen LogP contribution < -0.4 is 5.32 Å². The molecule has 0 bridgehead atoms. The van der Waals surface area contributed by atoms with Gasteiger partial charge < -0.3 is 10.4 Å². The Kier molecular flexibility index (Phi) is 3.74. The van der Waals surface area contributed by atoms with Gasteiger partial charge in [-0.1, -0.05) is 18.2 Å². The molecule has 16 heavy (non-hydrogen) atoms. The summed E-state index contributed by atoms with van der Waals surface area (Å²) in [7, 11) is -1.10. The van der Waals surface area contributed by atoms with Gasteiger partial charge in [0.1, 0.15) is 0 Å². The molecule has 0 aliphatic carbocycles. The zero-order valence-electron chi connectivity index (χ0n) is 9.19. The van der Waals surface area contributed by atoms with Gasteiger partial charge in [-0.05, 0) is 38.1 Å². The topological polar surface area (TPSA) is 49.3 Å². The summed E-state index contributed by atoms with van der Waals surface area (Å²) < 4.78 is 12.0. The summed E-state index contributed by atoms with van der Waals surface area (Å²) in [5, 5.41) is 13.5. The summed E-state index contributed by atoms with van der Waals surface area (Å²) in [6.45, 7) is 1.62. The van der Waals surface area contributed by atoms with E-state index in [0.717, 1.165) is 18.0 Å². The third-order valence-electron chi connectivity index (χ3n) is 2.94. The van der Waals surface area contributed by atoms with Gasteiger partial charge in [-0.25, -0.2) is 0 Å². The molecule has 1 atom stereocenters. The number of nitrogens with one attached hydrogen (secondary N) is 1. The van der Waals surface area contributed by atoms with Crippen LogP contribution in [0.4, 0.5) is 0 Å². The first-order chi connectivity index (χ1) is 7.70. The third kappa shape index (κ3) is 2.90. The summed E-state index contributed by atoms with van der Waals surface area (Å²) in [5.74, 6) is 0.346. The summed E-state index contributed by atoms with van der Waals surface area (Å²) in [4.78, 5) is 0.800. The Labute approximate surface area is 98.3 Å². The van der Waals surface area contributed by atoms with Crippen molar-refractivity contribution in [1.82, 2.24) is 5.32 Å². The maximum Gasteiger partial charge on any atom is 0.0790 e. The van der Waals surface area contributed by atoms with Crippen LogP contribution in [0.3, 0.4) is 0 Å². The molecule has 2 rings (SSSR count). The van der Waals surface area contributed by atoms with Crippen molar-refractivity contribution in [2.24, 2.45) is 0 Å². The van der Waals surface area contributed by atoms with Crippen molar-refractivity contribution in [2.75, 3.05) is 18.8 Å². The first kappa shape index (κ1) is 11.8. The van der Waals surface area contributed by atoms with Crippen molar-refractivity contribution in [2.45, 2.75) is 23.3 Å². The molecule has 1 fully saturated rings. The van der Waals surface area contributed by atoms with Gasteiger partial charge in [0.25, 0.3) is 0 Å². The second-order valence-corrected chi connectivity index (χ2v) is 5.73. The maximum absolute atomic E-state index is 12.0. The van der Waals surface area contributed by atoms with Crippen LogP contribution in [0.15, 0.2) is 35.2 Å². The quantitative estimate of drug-likeness (QED) is 0.824. The minimum Gasteiger partial charge on any atom is -0.389 e. The second-order valence-electron chi connectivity index (χ2n) is 4.28. The maximum atomic E-state index is 12.0. The fraction of sp³-hybridized carbons (Fsp3) is 0.500. The van der Waals surface area contributed by atoms with Gasteiger partial charge in [0.15, 0.2) is 0 Å². The highest BCUT2D eigenvalue weighted by molar-refractivity contribution is 7.85. The van der Waals surface area contributed by atoms with Gasteiger partial charge in [0.05, 0.1) is 22.2 Å². The fourth-order valence-electron chi connectivity index (χ4n) is 1.94. The van der Waals surface area contributed by atoms with Crippen LogP contribution in [-0.4, -0.2) is 33.8 Å². The van der Waals surface area contributed by atoms with Gasteiger partial charge in [-0.2, -0.15) is 0 Å². The second kappa shape index (κ2) is 5.08. The van der Waals surface area contributed by atoms with Crippen molar-refractivity contribution >= 4 is 10.8 Å². The molecular formula is C12H17NO2S. The molecule has 1 aromatic carbocycles. The average molecular weight is 239 g/mol. The molecule has 0 radical (unpaired) electrons. The van der Waals surface area contributed by atoms with Gasteiger partial charge in [0.2, 0.25) is 0 Å². The number of piperidine rings is 1. The zero-order valence-corrected chi connectivity index (χ0v) is 10.0. The van der Waals surface area contributed by atoms with Crippen LogP contribution in [0.2, 0.25) is 0 Å². The highest BCUT2D eigenvalue weighted by Gasteiger charge is 2.31. The predicted molar refractivity (Wildman–Crippen MR) is 64.8 cm³/mol. The van der Waals surface area contributed by atoms with Gasteiger partial charge in [-0.3, -0.25) is 4.21 Å². The van der Waals surface area contributed by atoms with Crippen molar-refractivity contribution in [1.29, 1.82) is 0 Å². The Balaban J connectivity index is 2.01. The van der Waals surface area contributed by atoms with Crippen molar-refractivity contribution < 1.29 is 9.32 Å².